The van der Waals surface area contributed by atoms with E-state index in [-0.39, 0.29) is 23.5 Å². The van der Waals surface area contributed by atoms with E-state index in [1.165, 1.54) is 6.07 Å². The summed E-state index contributed by atoms with van der Waals surface area (Å²) in [4.78, 5) is 12.1. The summed E-state index contributed by atoms with van der Waals surface area (Å²) >= 11 is 0. The fourth-order valence-electron chi connectivity index (χ4n) is 2.67. The number of hydrogen-bond acceptors (Lipinski definition) is 5. The lowest BCUT2D eigenvalue weighted by molar-refractivity contribution is 0.0948. The van der Waals surface area contributed by atoms with Gasteiger partial charge < -0.3 is 15.4 Å². The highest BCUT2D eigenvalue weighted by molar-refractivity contribution is 5.92. The largest absolute Gasteiger partial charge is 0.376 e. The quantitative estimate of drug-likeness (QED) is 0.805. The van der Waals surface area contributed by atoms with Gasteiger partial charge in [0.2, 0.25) is 0 Å². The third-order valence-corrected chi connectivity index (χ3v) is 4.07. The smallest absolute Gasteiger partial charge is 0.271 e. The Balaban J connectivity index is 1.44. The first-order chi connectivity index (χ1) is 12.2. The molecular weight excluding hydrogens is 323 g/mol. The molecule has 1 aromatic heterocycles. The van der Waals surface area contributed by atoms with Crippen LogP contribution in [-0.2, 0) is 11.2 Å². The summed E-state index contributed by atoms with van der Waals surface area (Å²) in [6.07, 6.45) is 2.77. The summed E-state index contributed by atoms with van der Waals surface area (Å²) in [6, 6.07) is 9.85. The molecule has 0 radical (unpaired) electrons. The van der Waals surface area contributed by atoms with Crippen molar-refractivity contribution in [1.82, 2.24) is 15.5 Å². The second-order valence-electron chi connectivity index (χ2n) is 5.92. The van der Waals surface area contributed by atoms with E-state index in [2.05, 4.69) is 20.8 Å². The number of rotatable bonds is 7. The maximum Gasteiger partial charge on any atom is 0.271 e. The van der Waals surface area contributed by atoms with Crippen LogP contribution in [0.1, 0.15) is 28.9 Å². The fourth-order valence-corrected chi connectivity index (χ4v) is 2.67. The summed E-state index contributed by atoms with van der Waals surface area (Å²) < 4.78 is 19.0. The molecule has 0 bridgehead atoms. The number of halogens is 1. The van der Waals surface area contributed by atoms with Gasteiger partial charge in [-0.15, -0.1) is 10.2 Å². The van der Waals surface area contributed by atoms with Gasteiger partial charge in [0.05, 0.1) is 6.10 Å². The van der Waals surface area contributed by atoms with E-state index < -0.39 is 0 Å². The first-order valence-corrected chi connectivity index (χ1v) is 8.43. The van der Waals surface area contributed by atoms with Gasteiger partial charge in [-0.2, -0.15) is 0 Å². The SMILES string of the molecule is O=C(NCCc1ccccc1F)c1ccc(NCC2CCCO2)nn1. The Morgan fingerprint density at radius 1 is 1.24 bits per heavy atom. The summed E-state index contributed by atoms with van der Waals surface area (Å²) in [5.74, 6) is 0.0196. The van der Waals surface area contributed by atoms with Gasteiger partial charge in [-0.05, 0) is 43.0 Å². The zero-order valence-corrected chi connectivity index (χ0v) is 13.9. The molecule has 6 nitrogen and oxygen atoms in total. The van der Waals surface area contributed by atoms with Crippen molar-refractivity contribution in [3.8, 4) is 0 Å². The molecule has 132 valence electrons. The minimum Gasteiger partial charge on any atom is -0.376 e. The zero-order chi connectivity index (χ0) is 17.5. The number of carbonyl (C=O) groups excluding carboxylic acids is 1. The summed E-state index contributed by atoms with van der Waals surface area (Å²) in [6.45, 7) is 1.83. The lowest BCUT2D eigenvalue weighted by Crippen LogP contribution is -2.27. The lowest BCUT2D eigenvalue weighted by Gasteiger charge is -2.11. The number of nitrogens with one attached hydrogen (secondary N) is 2. The van der Waals surface area contributed by atoms with E-state index >= 15 is 0 Å². The lowest BCUT2D eigenvalue weighted by atomic mass is 10.1. The van der Waals surface area contributed by atoms with Crippen molar-refractivity contribution in [1.29, 1.82) is 0 Å². The standard InChI is InChI=1S/C18H21FN4O2/c19-15-6-2-1-4-13(15)9-10-20-18(24)16-7-8-17(23-22-16)21-12-14-5-3-11-25-14/h1-2,4,6-8,14H,3,5,9-12H2,(H,20,24)(H,21,23). The van der Waals surface area contributed by atoms with E-state index in [0.717, 1.165) is 19.4 Å². The predicted octanol–water partition coefficient (Wildman–Crippen LogP) is 2.18. The summed E-state index contributed by atoms with van der Waals surface area (Å²) in [5, 5.41) is 13.8. The van der Waals surface area contributed by atoms with Crippen molar-refractivity contribution >= 4 is 11.7 Å². The molecule has 1 atom stereocenters. The third-order valence-electron chi connectivity index (χ3n) is 4.07. The van der Waals surface area contributed by atoms with Crippen LogP contribution in [0.25, 0.3) is 0 Å². The van der Waals surface area contributed by atoms with Crippen LogP contribution in [0.15, 0.2) is 36.4 Å². The molecule has 2 N–H and O–H groups in total. The van der Waals surface area contributed by atoms with Gasteiger partial charge in [0.15, 0.2) is 5.69 Å². The van der Waals surface area contributed by atoms with Crippen LogP contribution in [-0.4, -0.2) is 41.9 Å². The Morgan fingerprint density at radius 3 is 2.84 bits per heavy atom. The van der Waals surface area contributed by atoms with Crippen LogP contribution >= 0.6 is 0 Å². The number of anilines is 1. The average Bonchev–Trinajstić information content (AvgIpc) is 3.15. The van der Waals surface area contributed by atoms with E-state index in [4.69, 9.17) is 4.74 Å². The van der Waals surface area contributed by atoms with E-state index in [1.807, 2.05) is 0 Å². The van der Waals surface area contributed by atoms with Crippen molar-refractivity contribution in [2.45, 2.75) is 25.4 Å². The summed E-state index contributed by atoms with van der Waals surface area (Å²) in [7, 11) is 0. The van der Waals surface area contributed by atoms with Gasteiger partial charge in [-0.25, -0.2) is 4.39 Å². The molecule has 2 heterocycles. The second-order valence-corrected chi connectivity index (χ2v) is 5.92. The number of aromatic nitrogens is 2. The Bertz CT molecular complexity index is 702. The maximum atomic E-state index is 13.5. The van der Waals surface area contributed by atoms with Crippen molar-refractivity contribution in [3.63, 3.8) is 0 Å². The van der Waals surface area contributed by atoms with Crippen LogP contribution in [0.4, 0.5) is 10.2 Å². The molecule has 1 unspecified atom stereocenters. The van der Waals surface area contributed by atoms with Crippen LogP contribution in [0, 0.1) is 5.82 Å². The third kappa shape index (κ3) is 4.96. The molecule has 0 saturated carbocycles. The molecule has 2 aromatic rings. The van der Waals surface area contributed by atoms with Gasteiger partial charge in [-0.1, -0.05) is 18.2 Å². The molecule has 1 aliphatic rings. The van der Waals surface area contributed by atoms with Crippen molar-refractivity contribution in [2.24, 2.45) is 0 Å². The van der Waals surface area contributed by atoms with Crippen molar-refractivity contribution < 1.29 is 13.9 Å². The molecule has 25 heavy (non-hydrogen) atoms. The van der Waals surface area contributed by atoms with Gasteiger partial charge in [-0.3, -0.25) is 4.79 Å². The van der Waals surface area contributed by atoms with Gasteiger partial charge >= 0.3 is 0 Å². The summed E-state index contributed by atoms with van der Waals surface area (Å²) in [5.41, 5.74) is 0.804. The van der Waals surface area contributed by atoms with Crippen LogP contribution in [0.2, 0.25) is 0 Å². The van der Waals surface area contributed by atoms with Crippen molar-refractivity contribution in [3.05, 3.63) is 53.5 Å². The topological polar surface area (TPSA) is 76.1 Å². The van der Waals surface area contributed by atoms with Gasteiger partial charge in [0, 0.05) is 19.7 Å². The molecule has 1 aliphatic heterocycles. The van der Waals surface area contributed by atoms with Crippen molar-refractivity contribution in [2.75, 3.05) is 25.0 Å². The van der Waals surface area contributed by atoms with Crippen LogP contribution < -0.4 is 10.6 Å². The highest BCUT2D eigenvalue weighted by Gasteiger charge is 2.15. The number of amides is 1. The predicted molar refractivity (Wildman–Crippen MR) is 91.9 cm³/mol. The molecule has 1 fully saturated rings. The maximum absolute atomic E-state index is 13.5. The minimum atomic E-state index is -0.325. The molecule has 3 rings (SSSR count). The van der Waals surface area contributed by atoms with Gasteiger partial charge in [0.1, 0.15) is 11.6 Å². The number of carbonyl (C=O) groups is 1. The molecule has 0 spiro atoms. The monoisotopic (exact) mass is 344 g/mol. The molecule has 7 heteroatoms. The Kier molecular flexibility index (Phi) is 5.90. The fraction of sp³-hybridized carbons (Fsp3) is 0.389. The minimum absolute atomic E-state index is 0.211. The average molecular weight is 344 g/mol. The Hall–Kier alpha value is -2.54. The Morgan fingerprint density at radius 2 is 2.12 bits per heavy atom. The highest BCUT2D eigenvalue weighted by Crippen LogP contribution is 2.12. The number of hydrogen-bond donors (Lipinski definition) is 2. The molecular formula is C18H21FN4O2. The first-order valence-electron chi connectivity index (χ1n) is 8.43. The molecule has 1 amide bonds. The van der Waals surface area contributed by atoms with E-state index in [9.17, 15) is 9.18 Å². The highest BCUT2D eigenvalue weighted by atomic mass is 19.1. The van der Waals surface area contributed by atoms with E-state index in [1.54, 1.807) is 30.3 Å². The normalized spacial score (nSPS) is 16.6. The van der Waals surface area contributed by atoms with E-state index in [0.29, 0.717) is 30.9 Å². The molecule has 1 saturated heterocycles. The molecule has 0 aliphatic carbocycles. The number of nitrogens with zero attached hydrogens (tertiary/aromatic N) is 2. The number of ether oxygens (including phenoxy) is 1. The van der Waals surface area contributed by atoms with Crippen LogP contribution in [0.3, 0.4) is 0 Å². The molecule has 1 aromatic carbocycles. The Labute approximate surface area is 145 Å². The second kappa shape index (κ2) is 8.53. The zero-order valence-electron chi connectivity index (χ0n) is 13.9. The van der Waals surface area contributed by atoms with Crippen LogP contribution in [0.5, 0.6) is 0 Å². The first kappa shape index (κ1) is 17.3. The van der Waals surface area contributed by atoms with Gasteiger partial charge in [0.25, 0.3) is 5.91 Å². The number of benzene rings is 1.